The van der Waals surface area contributed by atoms with Crippen molar-refractivity contribution in [3.63, 3.8) is 0 Å². The van der Waals surface area contributed by atoms with Crippen molar-refractivity contribution in [1.29, 1.82) is 0 Å². The Morgan fingerprint density at radius 3 is 2.39 bits per heavy atom. The molecular formula is C25H27N3O3. The summed E-state index contributed by atoms with van der Waals surface area (Å²) < 4.78 is 11.3. The number of amides is 1. The molecule has 2 fully saturated rings. The second kappa shape index (κ2) is 8.46. The van der Waals surface area contributed by atoms with Crippen molar-refractivity contribution in [1.82, 2.24) is 10.3 Å². The Bertz CT molecular complexity index is 1030. The van der Waals surface area contributed by atoms with Gasteiger partial charge in [-0.1, -0.05) is 18.2 Å². The van der Waals surface area contributed by atoms with Gasteiger partial charge in [-0.3, -0.25) is 4.79 Å². The van der Waals surface area contributed by atoms with Gasteiger partial charge in [-0.2, -0.15) is 0 Å². The van der Waals surface area contributed by atoms with Crippen LogP contribution in [0.15, 0.2) is 59.0 Å². The van der Waals surface area contributed by atoms with E-state index in [-0.39, 0.29) is 11.9 Å². The molecule has 1 saturated carbocycles. The van der Waals surface area contributed by atoms with Crippen molar-refractivity contribution in [2.75, 3.05) is 25.1 Å². The van der Waals surface area contributed by atoms with Crippen molar-refractivity contribution in [2.45, 2.75) is 37.6 Å². The number of methoxy groups -OCH3 is 1. The molecule has 2 aromatic carbocycles. The minimum atomic E-state index is -0.115. The lowest BCUT2D eigenvalue weighted by molar-refractivity contribution is 0.0924. The summed E-state index contributed by atoms with van der Waals surface area (Å²) in [6.07, 6.45) is 3.92. The third-order valence-corrected chi connectivity index (χ3v) is 6.11. The molecule has 1 aliphatic carbocycles. The number of rotatable bonds is 6. The fraction of sp³-hybridized carbons (Fsp3) is 0.360. The molecule has 1 N–H and O–H groups in total. The number of oxazole rings is 1. The summed E-state index contributed by atoms with van der Waals surface area (Å²) in [5.41, 5.74) is 2.54. The molecule has 3 aromatic rings. The highest BCUT2D eigenvalue weighted by atomic mass is 16.5. The number of carbonyl (C=O) groups is 1. The van der Waals surface area contributed by atoms with Gasteiger partial charge in [0.15, 0.2) is 5.69 Å². The van der Waals surface area contributed by atoms with Crippen LogP contribution in [0.25, 0.3) is 11.5 Å². The smallest absolute Gasteiger partial charge is 0.273 e. The first-order valence-corrected chi connectivity index (χ1v) is 11.0. The standard InChI is InChI=1S/C25H27N3O3/c1-30-21-11-9-20(10-12-21)28-15-13-19(14-16-28)26-24(29)22-23(17-7-8-17)31-25(27-22)18-5-3-2-4-6-18/h2-6,9-12,17,19H,7-8,13-16H2,1H3,(H,26,29). The van der Waals surface area contributed by atoms with E-state index < -0.39 is 0 Å². The lowest BCUT2D eigenvalue weighted by atomic mass is 10.0. The third-order valence-electron chi connectivity index (χ3n) is 6.11. The van der Waals surface area contributed by atoms with Crippen LogP contribution in [-0.2, 0) is 0 Å². The highest BCUT2D eigenvalue weighted by Crippen LogP contribution is 2.43. The molecule has 0 unspecified atom stereocenters. The van der Waals surface area contributed by atoms with Crippen LogP contribution in [-0.4, -0.2) is 37.1 Å². The van der Waals surface area contributed by atoms with Crippen LogP contribution in [0.1, 0.15) is 47.8 Å². The van der Waals surface area contributed by atoms with Crippen LogP contribution < -0.4 is 15.0 Å². The molecule has 1 aliphatic heterocycles. The number of anilines is 1. The zero-order valence-corrected chi connectivity index (χ0v) is 17.7. The fourth-order valence-electron chi connectivity index (χ4n) is 4.15. The normalized spacial score (nSPS) is 16.9. The number of hydrogen-bond donors (Lipinski definition) is 1. The maximum atomic E-state index is 13.1. The van der Waals surface area contributed by atoms with E-state index >= 15 is 0 Å². The average Bonchev–Trinajstić information content (AvgIpc) is 3.58. The van der Waals surface area contributed by atoms with Gasteiger partial charge < -0.3 is 19.4 Å². The minimum absolute atomic E-state index is 0.115. The molecule has 31 heavy (non-hydrogen) atoms. The fourth-order valence-corrected chi connectivity index (χ4v) is 4.15. The first kappa shape index (κ1) is 19.7. The number of hydrogen-bond acceptors (Lipinski definition) is 5. The van der Waals surface area contributed by atoms with E-state index in [0.29, 0.717) is 17.5 Å². The molecule has 6 heteroatoms. The van der Waals surface area contributed by atoms with Crippen molar-refractivity contribution in [3.8, 4) is 17.2 Å². The number of piperidine rings is 1. The maximum absolute atomic E-state index is 13.1. The molecule has 2 aliphatic rings. The minimum Gasteiger partial charge on any atom is -0.497 e. The van der Waals surface area contributed by atoms with E-state index in [1.807, 2.05) is 42.5 Å². The highest BCUT2D eigenvalue weighted by molar-refractivity contribution is 5.94. The van der Waals surface area contributed by atoms with Crippen molar-refractivity contribution >= 4 is 11.6 Å². The van der Waals surface area contributed by atoms with Gasteiger partial charge >= 0.3 is 0 Å². The van der Waals surface area contributed by atoms with Crippen LogP contribution in [0, 0.1) is 0 Å². The van der Waals surface area contributed by atoms with Crippen molar-refractivity contribution in [3.05, 3.63) is 66.1 Å². The molecule has 6 nitrogen and oxygen atoms in total. The van der Waals surface area contributed by atoms with Crippen molar-refractivity contribution in [2.24, 2.45) is 0 Å². The molecular weight excluding hydrogens is 390 g/mol. The zero-order chi connectivity index (χ0) is 21.2. The van der Waals surface area contributed by atoms with E-state index in [1.165, 1.54) is 5.69 Å². The Hall–Kier alpha value is -3.28. The molecule has 0 atom stereocenters. The summed E-state index contributed by atoms with van der Waals surface area (Å²) in [5, 5.41) is 3.21. The van der Waals surface area contributed by atoms with E-state index in [2.05, 4.69) is 27.3 Å². The van der Waals surface area contributed by atoms with Gasteiger partial charge in [0.25, 0.3) is 5.91 Å². The third kappa shape index (κ3) is 4.29. The molecule has 0 spiro atoms. The number of nitrogens with zero attached hydrogens (tertiary/aromatic N) is 2. The number of carbonyl (C=O) groups excluding carboxylic acids is 1. The predicted octanol–water partition coefficient (Wildman–Crippen LogP) is 4.63. The number of benzene rings is 2. The van der Waals surface area contributed by atoms with E-state index in [4.69, 9.17) is 9.15 Å². The highest BCUT2D eigenvalue weighted by Gasteiger charge is 2.35. The predicted molar refractivity (Wildman–Crippen MR) is 120 cm³/mol. The summed E-state index contributed by atoms with van der Waals surface area (Å²) in [6.45, 7) is 1.81. The van der Waals surface area contributed by atoms with Gasteiger partial charge in [-0.25, -0.2) is 4.98 Å². The molecule has 2 heterocycles. The van der Waals surface area contributed by atoms with E-state index in [0.717, 1.165) is 55.8 Å². The van der Waals surface area contributed by atoms with Crippen LogP contribution in [0.4, 0.5) is 5.69 Å². The van der Waals surface area contributed by atoms with Crippen LogP contribution in [0.5, 0.6) is 5.75 Å². The largest absolute Gasteiger partial charge is 0.497 e. The monoisotopic (exact) mass is 417 g/mol. The van der Waals surface area contributed by atoms with Gasteiger partial charge in [0.2, 0.25) is 5.89 Å². The van der Waals surface area contributed by atoms with E-state index in [9.17, 15) is 4.79 Å². The number of ether oxygens (including phenoxy) is 1. The Balaban J connectivity index is 1.24. The Morgan fingerprint density at radius 2 is 1.74 bits per heavy atom. The molecule has 5 rings (SSSR count). The maximum Gasteiger partial charge on any atom is 0.273 e. The summed E-state index contributed by atoms with van der Waals surface area (Å²) in [6, 6.07) is 18.1. The van der Waals surface area contributed by atoms with Gasteiger partial charge in [-0.05, 0) is 62.1 Å². The van der Waals surface area contributed by atoms with Crippen LogP contribution >= 0.6 is 0 Å². The summed E-state index contributed by atoms with van der Waals surface area (Å²) in [7, 11) is 1.68. The molecule has 1 amide bonds. The van der Waals surface area contributed by atoms with E-state index in [1.54, 1.807) is 7.11 Å². The number of nitrogens with one attached hydrogen (secondary N) is 1. The Morgan fingerprint density at radius 1 is 1.03 bits per heavy atom. The molecule has 1 saturated heterocycles. The van der Waals surface area contributed by atoms with Crippen molar-refractivity contribution < 1.29 is 13.9 Å². The second-order valence-electron chi connectivity index (χ2n) is 8.30. The molecule has 0 radical (unpaired) electrons. The lowest BCUT2D eigenvalue weighted by Gasteiger charge is -2.34. The molecule has 1 aromatic heterocycles. The topological polar surface area (TPSA) is 67.6 Å². The van der Waals surface area contributed by atoms with Gasteiger partial charge in [-0.15, -0.1) is 0 Å². The Labute approximate surface area is 182 Å². The number of aromatic nitrogens is 1. The molecule has 0 bridgehead atoms. The quantitative estimate of drug-likeness (QED) is 0.634. The second-order valence-corrected chi connectivity index (χ2v) is 8.30. The van der Waals surface area contributed by atoms with Gasteiger partial charge in [0.1, 0.15) is 11.5 Å². The van der Waals surface area contributed by atoms with Crippen LogP contribution in [0.3, 0.4) is 0 Å². The summed E-state index contributed by atoms with van der Waals surface area (Å²) >= 11 is 0. The lowest BCUT2D eigenvalue weighted by Crippen LogP contribution is -2.45. The summed E-state index contributed by atoms with van der Waals surface area (Å²) in [4.78, 5) is 20.0. The zero-order valence-electron chi connectivity index (χ0n) is 17.7. The molecule has 160 valence electrons. The average molecular weight is 418 g/mol. The van der Waals surface area contributed by atoms with Gasteiger partial charge in [0.05, 0.1) is 7.11 Å². The van der Waals surface area contributed by atoms with Gasteiger partial charge in [0, 0.05) is 36.3 Å². The first-order valence-electron chi connectivity index (χ1n) is 11.0. The first-order chi connectivity index (χ1) is 15.2. The Kier molecular flexibility index (Phi) is 5.37. The SMILES string of the molecule is COc1ccc(N2CCC(NC(=O)c3nc(-c4ccccc4)oc3C3CC3)CC2)cc1. The summed E-state index contributed by atoms with van der Waals surface area (Å²) in [5.74, 6) is 2.34. The van der Waals surface area contributed by atoms with Crippen LogP contribution in [0.2, 0.25) is 0 Å².